The first kappa shape index (κ1) is 17.8. The van der Waals surface area contributed by atoms with Gasteiger partial charge in [-0.3, -0.25) is 4.79 Å². The fraction of sp³-hybridized carbons (Fsp3) is 0.333. The van der Waals surface area contributed by atoms with Crippen molar-refractivity contribution in [2.45, 2.75) is 33.6 Å². The van der Waals surface area contributed by atoms with Crippen LogP contribution in [-0.4, -0.2) is 32.1 Å². The lowest BCUT2D eigenvalue weighted by molar-refractivity contribution is -0.116. The number of aromatic nitrogens is 4. The lowest BCUT2D eigenvalue weighted by Crippen LogP contribution is -2.15. The minimum absolute atomic E-state index is 0.185. The second-order valence-corrected chi connectivity index (χ2v) is 5.85. The third kappa shape index (κ3) is 3.63. The van der Waals surface area contributed by atoms with Crippen molar-refractivity contribution in [3.63, 3.8) is 0 Å². The van der Waals surface area contributed by atoms with Gasteiger partial charge >= 0.3 is 0 Å². The number of halogens is 1. The molecule has 1 aromatic carbocycles. The van der Waals surface area contributed by atoms with E-state index in [9.17, 15) is 9.18 Å². The molecule has 7 nitrogen and oxygen atoms in total. The molecular weight excluding hydrogens is 337 g/mol. The molecule has 2 aromatic heterocycles. The summed E-state index contributed by atoms with van der Waals surface area (Å²) in [6.07, 6.45) is 2.22. The molecule has 0 aliphatic rings. The highest BCUT2D eigenvalue weighted by atomic mass is 19.1. The predicted octanol–water partition coefficient (Wildman–Crippen LogP) is 2.85. The summed E-state index contributed by atoms with van der Waals surface area (Å²) in [6.45, 7) is 6.00. The van der Waals surface area contributed by atoms with Crippen LogP contribution in [-0.2, 0) is 11.2 Å². The fourth-order valence-corrected chi connectivity index (χ4v) is 2.84. The first-order valence-electron chi connectivity index (χ1n) is 8.37. The van der Waals surface area contributed by atoms with E-state index in [1.54, 1.807) is 11.4 Å². The van der Waals surface area contributed by atoms with Gasteiger partial charge in [-0.05, 0) is 44.9 Å². The van der Waals surface area contributed by atoms with Crippen LogP contribution < -0.4 is 10.1 Å². The quantitative estimate of drug-likeness (QED) is 0.734. The van der Waals surface area contributed by atoms with Gasteiger partial charge in [0.2, 0.25) is 5.91 Å². The van der Waals surface area contributed by atoms with E-state index in [-0.39, 0.29) is 12.3 Å². The number of anilines is 1. The molecule has 0 atom stereocenters. The molecule has 8 heteroatoms. The number of carbonyl (C=O) groups excluding carboxylic acids is 1. The molecule has 0 unspecified atom stereocenters. The van der Waals surface area contributed by atoms with E-state index >= 15 is 0 Å². The number of hydrogen-bond acceptors (Lipinski definition) is 5. The lowest BCUT2D eigenvalue weighted by Gasteiger charge is -2.13. The summed E-state index contributed by atoms with van der Waals surface area (Å²) in [4.78, 5) is 20.8. The molecule has 2 heterocycles. The number of amides is 1. The number of rotatable bonds is 6. The van der Waals surface area contributed by atoms with Gasteiger partial charge in [-0.1, -0.05) is 0 Å². The molecule has 1 amide bonds. The molecule has 0 aliphatic carbocycles. The largest absolute Gasteiger partial charge is 0.492 e. The van der Waals surface area contributed by atoms with Gasteiger partial charge in [0.1, 0.15) is 17.9 Å². The number of hydrogen-bond donors (Lipinski definition) is 1. The van der Waals surface area contributed by atoms with Crippen molar-refractivity contribution < 1.29 is 13.9 Å². The molecule has 0 bridgehead atoms. The zero-order chi connectivity index (χ0) is 18.7. The van der Waals surface area contributed by atoms with Crippen LogP contribution in [0.4, 0.5) is 10.1 Å². The molecule has 1 N–H and O–H groups in total. The number of nitrogens with zero attached hydrogens (tertiary/aromatic N) is 4. The van der Waals surface area contributed by atoms with Gasteiger partial charge in [0.05, 0.1) is 12.3 Å². The van der Waals surface area contributed by atoms with Crippen molar-refractivity contribution in [3.05, 3.63) is 47.3 Å². The van der Waals surface area contributed by atoms with E-state index in [4.69, 9.17) is 4.74 Å². The third-order valence-electron chi connectivity index (χ3n) is 4.11. The van der Waals surface area contributed by atoms with Crippen molar-refractivity contribution >= 4 is 17.4 Å². The van der Waals surface area contributed by atoms with E-state index in [1.807, 2.05) is 13.8 Å². The molecule has 26 heavy (non-hydrogen) atoms. The highest BCUT2D eigenvalue weighted by Crippen LogP contribution is 2.26. The monoisotopic (exact) mass is 357 g/mol. The van der Waals surface area contributed by atoms with Crippen LogP contribution in [0.3, 0.4) is 0 Å². The number of ether oxygens (including phenoxy) is 1. The van der Waals surface area contributed by atoms with Crippen LogP contribution in [0.2, 0.25) is 0 Å². The normalized spacial score (nSPS) is 10.9. The summed E-state index contributed by atoms with van der Waals surface area (Å²) in [6, 6.07) is 4.04. The summed E-state index contributed by atoms with van der Waals surface area (Å²) < 4.78 is 20.4. The average Bonchev–Trinajstić information content (AvgIpc) is 3.06. The van der Waals surface area contributed by atoms with E-state index < -0.39 is 5.82 Å². The Morgan fingerprint density at radius 2 is 2.15 bits per heavy atom. The summed E-state index contributed by atoms with van der Waals surface area (Å²) in [5.41, 5.74) is 3.15. The van der Waals surface area contributed by atoms with Crippen LogP contribution >= 0.6 is 0 Å². The Morgan fingerprint density at radius 3 is 2.92 bits per heavy atom. The molecule has 3 aromatic rings. The first-order chi connectivity index (χ1) is 12.5. The molecule has 0 radical (unpaired) electrons. The van der Waals surface area contributed by atoms with Crippen LogP contribution in [0.1, 0.15) is 30.3 Å². The van der Waals surface area contributed by atoms with Gasteiger partial charge < -0.3 is 10.1 Å². The minimum atomic E-state index is -0.412. The highest BCUT2D eigenvalue weighted by molar-refractivity contribution is 5.92. The van der Waals surface area contributed by atoms with Gasteiger partial charge in [-0.15, -0.1) is 0 Å². The van der Waals surface area contributed by atoms with Gasteiger partial charge in [0.15, 0.2) is 0 Å². The van der Waals surface area contributed by atoms with Crippen molar-refractivity contribution in [2.75, 3.05) is 11.9 Å². The molecular formula is C18H20FN5O2. The Hall–Kier alpha value is -3.03. The van der Waals surface area contributed by atoms with Crippen LogP contribution in [0, 0.1) is 19.7 Å². The second kappa shape index (κ2) is 7.47. The number of carbonyl (C=O) groups is 1. The van der Waals surface area contributed by atoms with E-state index in [0.717, 1.165) is 17.0 Å². The van der Waals surface area contributed by atoms with Crippen molar-refractivity contribution in [3.8, 4) is 5.75 Å². The zero-order valence-corrected chi connectivity index (χ0v) is 14.9. The Bertz CT molecular complexity index is 954. The van der Waals surface area contributed by atoms with E-state index in [2.05, 4.69) is 20.4 Å². The predicted molar refractivity (Wildman–Crippen MR) is 94.8 cm³/mol. The molecule has 0 saturated heterocycles. The average molecular weight is 357 g/mol. The highest BCUT2D eigenvalue weighted by Gasteiger charge is 2.14. The Labute approximate surface area is 150 Å². The summed E-state index contributed by atoms with van der Waals surface area (Å²) in [5.74, 6) is 0.264. The summed E-state index contributed by atoms with van der Waals surface area (Å²) >= 11 is 0. The number of fused-ring (bicyclic) bond motifs is 1. The summed E-state index contributed by atoms with van der Waals surface area (Å²) in [5, 5.41) is 6.92. The topological polar surface area (TPSA) is 81.4 Å². The van der Waals surface area contributed by atoms with Gasteiger partial charge in [-0.2, -0.15) is 10.1 Å². The van der Waals surface area contributed by atoms with Crippen LogP contribution in [0.25, 0.3) is 5.78 Å². The maximum atomic E-state index is 13.4. The standard InChI is InChI=1S/C18H20FN5O2/c1-4-26-16-9-13(19)5-7-15(16)23-17(25)8-6-14-11(2)22-18-20-10-21-24(18)12(14)3/h5,7,9-10H,4,6,8H2,1-3H3,(H,23,25). The number of nitrogens with one attached hydrogen (secondary N) is 1. The maximum absolute atomic E-state index is 13.4. The minimum Gasteiger partial charge on any atom is -0.492 e. The zero-order valence-electron chi connectivity index (χ0n) is 14.9. The Balaban J connectivity index is 1.72. The van der Waals surface area contributed by atoms with Crippen LogP contribution in [0.15, 0.2) is 24.5 Å². The van der Waals surface area contributed by atoms with Crippen molar-refractivity contribution in [2.24, 2.45) is 0 Å². The maximum Gasteiger partial charge on any atom is 0.252 e. The Kier molecular flexibility index (Phi) is 5.11. The SMILES string of the molecule is CCOc1cc(F)ccc1NC(=O)CCc1c(C)nc2ncnn2c1C. The fourth-order valence-electron chi connectivity index (χ4n) is 2.84. The van der Waals surface area contributed by atoms with E-state index in [1.165, 1.54) is 24.5 Å². The summed E-state index contributed by atoms with van der Waals surface area (Å²) in [7, 11) is 0. The van der Waals surface area contributed by atoms with Crippen LogP contribution in [0.5, 0.6) is 5.75 Å². The molecule has 0 saturated carbocycles. The van der Waals surface area contributed by atoms with E-state index in [0.29, 0.717) is 30.2 Å². The molecule has 136 valence electrons. The third-order valence-corrected chi connectivity index (χ3v) is 4.11. The Morgan fingerprint density at radius 1 is 1.35 bits per heavy atom. The second-order valence-electron chi connectivity index (χ2n) is 5.85. The molecule has 3 rings (SSSR count). The molecule has 0 spiro atoms. The van der Waals surface area contributed by atoms with Crippen molar-refractivity contribution in [1.29, 1.82) is 0 Å². The lowest BCUT2D eigenvalue weighted by atomic mass is 10.1. The number of benzene rings is 1. The van der Waals surface area contributed by atoms with Crippen molar-refractivity contribution in [1.82, 2.24) is 19.6 Å². The molecule has 0 fully saturated rings. The van der Waals surface area contributed by atoms with Gasteiger partial charge in [-0.25, -0.2) is 13.9 Å². The molecule has 0 aliphatic heterocycles. The first-order valence-corrected chi connectivity index (χ1v) is 8.37. The van der Waals surface area contributed by atoms with Gasteiger partial charge in [0.25, 0.3) is 5.78 Å². The smallest absolute Gasteiger partial charge is 0.252 e. The number of aryl methyl sites for hydroxylation is 2. The van der Waals surface area contributed by atoms with Gasteiger partial charge in [0, 0.05) is 23.9 Å².